The minimum atomic E-state index is -0.105. The van der Waals surface area contributed by atoms with Gasteiger partial charge in [-0.2, -0.15) is 5.26 Å². The minimum Gasteiger partial charge on any atom is -0.311 e. The second kappa shape index (κ2) is 23.3. The molecule has 0 fully saturated rings. The van der Waals surface area contributed by atoms with Crippen LogP contribution < -0.4 is 26.2 Å². The first-order valence-corrected chi connectivity index (χ1v) is 32.6. The van der Waals surface area contributed by atoms with Crippen LogP contribution in [0, 0.1) is 11.3 Å². The summed E-state index contributed by atoms with van der Waals surface area (Å²) in [5.74, 6) is 0.537. The van der Waals surface area contributed by atoms with Gasteiger partial charge in [-0.3, -0.25) is 0 Å². The average molecular weight is 1220 g/mol. The molecule has 18 rings (SSSR count). The van der Waals surface area contributed by atoms with Crippen molar-refractivity contribution in [2.75, 3.05) is 9.80 Å². The van der Waals surface area contributed by atoms with Crippen molar-refractivity contribution in [1.82, 2.24) is 14.5 Å². The molecule has 2 aromatic heterocycles. The molecule has 0 saturated heterocycles. The molecule has 14 aromatic carbocycles. The fourth-order valence-corrected chi connectivity index (χ4v) is 14.7. The highest BCUT2D eigenvalue weighted by Crippen LogP contribution is 2.49. The molecule has 446 valence electrons. The first-order valence-electron chi connectivity index (χ1n) is 32.6. The molecule has 0 unspecified atom stereocenters. The van der Waals surface area contributed by atoms with Crippen molar-refractivity contribution in [1.29, 1.82) is 5.26 Å². The Balaban J connectivity index is 0.882. The van der Waals surface area contributed by atoms with Crippen LogP contribution in [0.5, 0.6) is 0 Å². The highest BCUT2D eigenvalue weighted by Gasteiger charge is 2.44. The number of nitrogens with zero attached hydrogens (tertiary/aromatic N) is 6. The number of nitriles is 1. The van der Waals surface area contributed by atoms with Crippen LogP contribution in [0.1, 0.15) is 5.56 Å². The Bertz CT molecular complexity index is 5360. The Morgan fingerprint density at radius 2 is 0.667 bits per heavy atom. The number of rotatable bonds is 11. The van der Waals surface area contributed by atoms with Crippen molar-refractivity contribution in [2.45, 2.75) is 0 Å². The molecule has 0 radical (unpaired) electrons. The molecule has 0 saturated carbocycles. The molecular formula is C89H57BN6. The smallest absolute Gasteiger partial charge is 0.252 e. The van der Waals surface area contributed by atoms with Gasteiger partial charge in [0.1, 0.15) is 0 Å². The molecule has 2 aliphatic heterocycles. The lowest BCUT2D eigenvalue weighted by Gasteiger charge is -2.44. The maximum Gasteiger partial charge on any atom is 0.252 e. The van der Waals surface area contributed by atoms with Crippen LogP contribution in [0.4, 0.5) is 34.1 Å². The SMILES string of the molecule is N#Cc1cc(-c2nc(-c3ccccc3)cc(-c3ccccc3)n2)cc(-n2c3ccccc3c3cc(-c4cc5c6c(c4)N(c4cc(-c7ccccc7)cc(-c7ccccc7)c4)c4ccccc4B6c4ccccc4N5c4cc(-c5ccccc5)cc(-c5ccccc5)c4)ccc32)c1. The molecule has 0 amide bonds. The van der Waals surface area contributed by atoms with Gasteiger partial charge in [-0.1, -0.05) is 243 Å². The lowest BCUT2D eigenvalue weighted by molar-refractivity contribution is 1.15. The van der Waals surface area contributed by atoms with Gasteiger partial charge in [0.05, 0.1) is 34.1 Å². The summed E-state index contributed by atoms with van der Waals surface area (Å²) < 4.78 is 2.30. The minimum absolute atomic E-state index is 0.105. The van der Waals surface area contributed by atoms with Gasteiger partial charge < -0.3 is 14.4 Å². The van der Waals surface area contributed by atoms with E-state index in [-0.39, 0.29) is 6.71 Å². The van der Waals surface area contributed by atoms with Gasteiger partial charge in [-0.05, 0) is 175 Å². The molecule has 16 aromatic rings. The summed E-state index contributed by atoms with van der Waals surface area (Å²) in [5.41, 5.74) is 29.3. The summed E-state index contributed by atoms with van der Waals surface area (Å²) in [6.45, 7) is -0.105. The number of fused-ring (bicyclic) bond motifs is 7. The third-order valence-electron chi connectivity index (χ3n) is 19.1. The molecule has 6 nitrogen and oxygen atoms in total. The molecule has 0 spiro atoms. The summed E-state index contributed by atoms with van der Waals surface area (Å²) in [7, 11) is 0. The summed E-state index contributed by atoms with van der Waals surface area (Å²) in [4.78, 5) is 15.5. The lowest BCUT2D eigenvalue weighted by atomic mass is 9.33. The van der Waals surface area contributed by atoms with E-state index < -0.39 is 0 Å². The topological polar surface area (TPSA) is 61.0 Å². The van der Waals surface area contributed by atoms with Crippen molar-refractivity contribution in [3.63, 3.8) is 0 Å². The predicted octanol–water partition coefficient (Wildman–Crippen LogP) is 20.9. The number of anilines is 6. The maximum atomic E-state index is 10.9. The van der Waals surface area contributed by atoms with Crippen molar-refractivity contribution in [3.05, 3.63) is 351 Å². The van der Waals surface area contributed by atoms with Crippen LogP contribution in [0.2, 0.25) is 0 Å². The van der Waals surface area contributed by atoms with Gasteiger partial charge in [-0.25, -0.2) is 9.97 Å². The van der Waals surface area contributed by atoms with Gasteiger partial charge in [0.2, 0.25) is 0 Å². The zero-order valence-electron chi connectivity index (χ0n) is 52.2. The number of benzene rings is 14. The summed E-state index contributed by atoms with van der Waals surface area (Å²) in [5, 5.41) is 13.1. The molecule has 96 heavy (non-hydrogen) atoms. The highest BCUT2D eigenvalue weighted by atomic mass is 15.2. The predicted molar refractivity (Wildman–Crippen MR) is 399 cm³/mol. The fourth-order valence-electron chi connectivity index (χ4n) is 14.7. The maximum absolute atomic E-state index is 10.9. The third kappa shape index (κ3) is 9.75. The summed E-state index contributed by atoms with van der Waals surface area (Å²) in [6.07, 6.45) is 0. The Morgan fingerprint density at radius 3 is 1.14 bits per heavy atom. The molecule has 0 bridgehead atoms. The second-order valence-electron chi connectivity index (χ2n) is 24.8. The largest absolute Gasteiger partial charge is 0.311 e. The van der Waals surface area contributed by atoms with Gasteiger partial charge >= 0.3 is 0 Å². The number of para-hydroxylation sites is 3. The first-order chi connectivity index (χ1) is 47.5. The summed E-state index contributed by atoms with van der Waals surface area (Å²) >= 11 is 0. The van der Waals surface area contributed by atoms with Gasteiger partial charge in [-0.15, -0.1) is 0 Å². The molecule has 7 heteroatoms. The molecule has 0 aliphatic carbocycles. The van der Waals surface area contributed by atoms with Crippen molar-refractivity contribution < 1.29 is 0 Å². The molecule has 2 aliphatic rings. The van der Waals surface area contributed by atoms with E-state index in [0.29, 0.717) is 11.4 Å². The van der Waals surface area contributed by atoms with Crippen LogP contribution in [-0.2, 0) is 0 Å². The normalized spacial score (nSPS) is 12.1. The lowest BCUT2D eigenvalue weighted by Crippen LogP contribution is -2.61. The zero-order valence-corrected chi connectivity index (χ0v) is 52.2. The Hall–Kier alpha value is -12.9. The first kappa shape index (κ1) is 55.9. The second-order valence-corrected chi connectivity index (χ2v) is 24.8. The zero-order chi connectivity index (χ0) is 63.6. The highest BCUT2D eigenvalue weighted by molar-refractivity contribution is 7.00. The van der Waals surface area contributed by atoms with Gasteiger partial charge in [0.15, 0.2) is 5.82 Å². The van der Waals surface area contributed by atoms with Crippen LogP contribution in [0.25, 0.3) is 117 Å². The average Bonchev–Trinajstić information content (AvgIpc) is 0.806. The van der Waals surface area contributed by atoms with Crippen molar-refractivity contribution in [2.24, 2.45) is 0 Å². The quantitative estimate of drug-likeness (QED) is 0.121. The van der Waals surface area contributed by atoms with E-state index in [0.717, 1.165) is 145 Å². The van der Waals surface area contributed by atoms with E-state index in [1.54, 1.807) is 0 Å². The number of hydrogen-bond acceptors (Lipinski definition) is 5. The van der Waals surface area contributed by atoms with Crippen LogP contribution in [-0.4, -0.2) is 21.2 Å². The van der Waals surface area contributed by atoms with E-state index in [1.165, 1.54) is 16.4 Å². The van der Waals surface area contributed by atoms with E-state index in [4.69, 9.17) is 9.97 Å². The van der Waals surface area contributed by atoms with Crippen LogP contribution in [0.15, 0.2) is 346 Å². The van der Waals surface area contributed by atoms with Gasteiger partial charge in [0, 0.05) is 67.3 Å². The van der Waals surface area contributed by atoms with Crippen molar-refractivity contribution >= 4 is 79.0 Å². The molecular weight excluding hydrogens is 1160 g/mol. The molecule has 0 N–H and O–H groups in total. The number of hydrogen-bond donors (Lipinski definition) is 0. The monoisotopic (exact) mass is 1220 g/mol. The fraction of sp³-hybridized carbons (Fsp3) is 0. The van der Waals surface area contributed by atoms with Crippen LogP contribution >= 0.6 is 0 Å². The van der Waals surface area contributed by atoms with E-state index >= 15 is 0 Å². The van der Waals surface area contributed by atoms with Crippen molar-refractivity contribution in [3.8, 4) is 101 Å². The number of aromatic nitrogens is 3. The Kier molecular flexibility index (Phi) is 13.6. The Labute approximate surface area is 557 Å². The van der Waals surface area contributed by atoms with E-state index in [1.807, 2.05) is 54.6 Å². The summed E-state index contributed by atoms with van der Waals surface area (Å²) in [6, 6.07) is 127. The van der Waals surface area contributed by atoms with Gasteiger partial charge in [0.25, 0.3) is 6.71 Å². The Morgan fingerprint density at radius 1 is 0.271 bits per heavy atom. The molecule has 4 heterocycles. The van der Waals surface area contributed by atoms with E-state index in [9.17, 15) is 5.26 Å². The molecule has 0 atom stereocenters. The standard InChI is InChI=1S/C89H57BN6/c91-58-59-45-72(89-92-80(64-33-15-5-16-34-64)57-81(93-89)65-35-17-6-18-36-65)53-73(46-59)94-82-40-22-19-37-76(82)77-54-66(43-44-83(77)94)71-55-86-88-87(56-71)96(75-51-69(62-29-11-3-12-30-62)48-70(52-75)63-31-13-4-14-32-63)85-42-24-21-39-79(85)90(88)78-38-20-23-41-84(78)95(86)74-49-67(60-25-7-1-8-26-60)47-68(50-74)61-27-9-2-10-28-61/h1-57H. The third-order valence-corrected chi connectivity index (χ3v) is 19.1. The van der Waals surface area contributed by atoms with Crippen LogP contribution in [0.3, 0.4) is 0 Å². The van der Waals surface area contributed by atoms with E-state index in [2.05, 4.69) is 312 Å².